The van der Waals surface area contributed by atoms with E-state index in [0.717, 1.165) is 34.8 Å². The van der Waals surface area contributed by atoms with Crippen molar-refractivity contribution >= 4 is 34.5 Å². The molecule has 30 heavy (non-hydrogen) atoms. The van der Waals surface area contributed by atoms with Gasteiger partial charge in [0.25, 0.3) is 5.89 Å². The van der Waals surface area contributed by atoms with Crippen molar-refractivity contribution in [1.29, 1.82) is 0 Å². The zero-order chi connectivity index (χ0) is 20.8. The minimum Gasteiger partial charge on any atom is -0.333 e. The summed E-state index contributed by atoms with van der Waals surface area (Å²) in [4.78, 5) is 32.4. The molecule has 1 aromatic carbocycles. The van der Waals surface area contributed by atoms with E-state index in [1.807, 2.05) is 43.5 Å². The Morgan fingerprint density at radius 2 is 2.07 bits per heavy atom. The highest BCUT2D eigenvalue weighted by molar-refractivity contribution is 7.14. The highest BCUT2D eigenvalue weighted by atomic mass is 32.1. The van der Waals surface area contributed by atoms with Crippen molar-refractivity contribution in [1.82, 2.24) is 10.1 Å². The number of anilines is 2. The lowest BCUT2D eigenvalue weighted by atomic mass is 10.1. The molecular weight excluding hydrogens is 400 g/mol. The number of aryl methyl sites for hydroxylation is 2. The summed E-state index contributed by atoms with van der Waals surface area (Å²) in [7, 11) is 0. The van der Waals surface area contributed by atoms with Crippen LogP contribution in [0.1, 0.15) is 42.1 Å². The molecule has 0 bridgehead atoms. The smallest absolute Gasteiger partial charge is 0.270 e. The van der Waals surface area contributed by atoms with Crippen LogP contribution in [0.15, 0.2) is 34.2 Å². The molecule has 1 N–H and O–H groups in total. The number of hydrogen-bond acceptors (Lipinski definition) is 6. The molecule has 8 heteroatoms. The number of benzene rings is 1. The first-order valence-electron chi connectivity index (χ1n) is 10.1. The molecule has 7 nitrogen and oxygen atoms in total. The summed E-state index contributed by atoms with van der Waals surface area (Å²) in [6, 6.07) is 7.77. The molecular formula is C22H22N4O3S. The molecule has 0 radical (unpaired) electrons. The Bertz CT molecular complexity index is 1130. The SMILES string of the molecule is Cc1ccc(N2CC(C(=O)Nc3ccsc3-c3nc(C4CC4)no3)CC2=O)cc1C. The summed E-state index contributed by atoms with van der Waals surface area (Å²) < 4.78 is 5.41. The number of carbonyl (C=O) groups is 2. The summed E-state index contributed by atoms with van der Waals surface area (Å²) in [6.07, 6.45) is 2.39. The van der Waals surface area contributed by atoms with E-state index < -0.39 is 5.92 Å². The van der Waals surface area contributed by atoms with Crippen LogP contribution in [0.4, 0.5) is 11.4 Å². The largest absolute Gasteiger partial charge is 0.333 e. The van der Waals surface area contributed by atoms with Crippen LogP contribution in [0.2, 0.25) is 0 Å². The molecule has 2 aliphatic rings. The van der Waals surface area contributed by atoms with E-state index in [2.05, 4.69) is 15.5 Å². The summed E-state index contributed by atoms with van der Waals surface area (Å²) in [5, 5.41) is 8.90. The lowest BCUT2D eigenvalue weighted by molar-refractivity contribution is -0.122. The van der Waals surface area contributed by atoms with Crippen LogP contribution in [0.3, 0.4) is 0 Å². The fourth-order valence-corrected chi connectivity index (χ4v) is 4.44. The van der Waals surface area contributed by atoms with E-state index in [1.165, 1.54) is 16.9 Å². The zero-order valence-corrected chi connectivity index (χ0v) is 17.7. The van der Waals surface area contributed by atoms with Gasteiger partial charge in [-0.05, 0) is 61.4 Å². The molecule has 1 saturated heterocycles. The minimum atomic E-state index is -0.406. The van der Waals surface area contributed by atoms with Crippen molar-refractivity contribution in [2.24, 2.45) is 5.92 Å². The number of amides is 2. The minimum absolute atomic E-state index is 0.0325. The van der Waals surface area contributed by atoms with E-state index >= 15 is 0 Å². The van der Waals surface area contributed by atoms with Crippen LogP contribution in [-0.4, -0.2) is 28.5 Å². The Morgan fingerprint density at radius 1 is 1.23 bits per heavy atom. The van der Waals surface area contributed by atoms with Gasteiger partial charge in [-0.2, -0.15) is 4.98 Å². The van der Waals surface area contributed by atoms with Gasteiger partial charge in [0.15, 0.2) is 5.82 Å². The summed E-state index contributed by atoms with van der Waals surface area (Å²) >= 11 is 1.45. The molecule has 1 aliphatic heterocycles. The third-order valence-corrected chi connectivity index (χ3v) is 6.70. The standard InChI is InChI=1S/C22H22N4O3S/c1-12-3-6-16(9-13(12)2)26-11-15(10-18(26)27)21(28)23-17-7-8-30-19(17)22-24-20(25-29-22)14-4-5-14/h3,6-9,14-15H,4-5,10-11H2,1-2H3,(H,23,28). The van der Waals surface area contributed by atoms with Gasteiger partial charge >= 0.3 is 0 Å². The number of carbonyl (C=O) groups excluding carboxylic acids is 2. The first-order chi connectivity index (χ1) is 14.5. The quantitative estimate of drug-likeness (QED) is 0.663. The van der Waals surface area contributed by atoms with E-state index in [9.17, 15) is 9.59 Å². The molecule has 2 fully saturated rings. The van der Waals surface area contributed by atoms with Gasteiger partial charge in [0.05, 0.1) is 11.6 Å². The Hall–Kier alpha value is -3.00. The number of nitrogens with zero attached hydrogens (tertiary/aromatic N) is 3. The fourth-order valence-electron chi connectivity index (χ4n) is 3.67. The number of aromatic nitrogens is 2. The van der Waals surface area contributed by atoms with Crippen LogP contribution in [-0.2, 0) is 9.59 Å². The van der Waals surface area contributed by atoms with Gasteiger partial charge < -0.3 is 14.7 Å². The van der Waals surface area contributed by atoms with Gasteiger partial charge in [0.1, 0.15) is 4.88 Å². The number of hydrogen-bond donors (Lipinski definition) is 1. The maximum atomic E-state index is 12.9. The summed E-state index contributed by atoms with van der Waals surface area (Å²) in [5.74, 6) is 0.965. The van der Waals surface area contributed by atoms with Crippen LogP contribution >= 0.6 is 11.3 Å². The van der Waals surface area contributed by atoms with Crippen molar-refractivity contribution in [2.75, 3.05) is 16.8 Å². The van der Waals surface area contributed by atoms with Crippen LogP contribution in [0, 0.1) is 19.8 Å². The second-order valence-corrected chi connectivity index (χ2v) is 8.97. The Labute approximate surface area is 178 Å². The highest BCUT2D eigenvalue weighted by Gasteiger charge is 2.36. The number of thiophene rings is 1. The first kappa shape index (κ1) is 19.0. The zero-order valence-electron chi connectivity index (χ0n) is 16.8. The maximum Gasteiger partial charge on any atom is 0.270 e. The third-order valence-electron chi connectivity index (χ3n) is 5.80. The van der Waals surface area contributed by atoms with E-state index in [0.29, 0.717) is 24.0 Å². The van der Waals surface area contributed by atoms with E-state index in [4.69, 9.17) is 4.52 Å². The van der Waals surface area contributed by atoms with Crippen molar-refractivity contribution in [3.63, 3.8) is 0 Å². The lowest BCUT2D eigenvalue weighted by Crippen LogP contribution is -2.28. The molecule has 5 rings (SSSR count). The van der Waals surface area contributed by atoms with Gasteiger partial charge in [-0.3, -0.25) is 9.59 Å². The molecule has 2 amide bonds. The molecule has 2 aromatic heterocycles. The molecule has 1 saturated carbocycles. The van der Waals surface area contributed by atoms with Crippen molar-refractivity contribution in [3.05, 3.63) is 46.6 Å². The van der Waals surface area contributed by atoms with Gasteiger partial charge in [-0.25, -0.2) is 0 Å². The molecule has 1 aliphatic carbocycles. The Kier molecular flexibility index (Phi) is 4.66. The predicted molar refractivity (Wildman–Crippen MR) is 115 cm³/mol. The van der Waals surface area contributed by atoms with Gasteiger partial charge in [0, 0.05) is 24.6 Å². The second-order valence-electron chi connectivity index (χ2n) is 8.06. The van der Waals surface area contributed by atoms with Crippen molar-refractivity contribution in [2.45, 2.75) is 39.0 Å². The Morgan fingerprint density at radius 3 is 2.83 bits per heavy atom. The van der Waals surface area contributed by atoms with Gasteiger partial charge in [-0.15, -0.1) is 11.3 Å². The molecule has 154 valence electrons. The molecule has 1 unspecified atom stereocenters. The van der Waals surface area contributed by atoms with Gasteiger partial charge in [-0.1, -0.05) is 11.2 Å². The highest BCUT2D eigenvalue weighted by Crippen LogP contribution is 2.40. The molecule has 0 spiro atoms. The maximum absolute atomic E-state index is 12.9. The number of nitrogens with one attached hydrogen (secondary N) is 1. The summed E-state index contributed by atoms with van der Waals surface area (Å²) in [5.41, 5.74) is 3.79. The third kappa shape index (κ3) is 3.52. The van der Waals surface area contributed by atoms with Crippen molar-refractivity contribution in [3.8, 4) is 10.8 Å². The molecule has 3 aromatic rings. The van der Waals surface area contributed by atoms with Gasteiger partial charge in [0.2, 0.25) is 11.8 Å². The van der Waals surface area contributed by atoms with Crippen LogP contribution in [0.25, 0.3) is 10.8 Å². The Balaban J connectivity index is 1.30. The first-order valence-corrected chi connectivity index (χ1v) is 11.0. The van der Waals surface area contributed by atoms with Crippen LogP contribution < -0.4 is 10.2 Å². The molecule has 3 heterocycles. The van der Waals surface area contributed by atoms with E-state index in [-0.39, 0.29) is 18.2 Å². The topological polar surface area (TPSA) is 88.3 Å². The van der Waals surface area contributed by atoms with Crippen molar-refractivity contribution < 1.29 is 14.1 Å². The summed E-state index contributed by atoms with van der Waals surface area (Å²) in [6.45, 7) is 4.43. The lowest BCUT2D eigenvalue weighted by Gasteiger charge is -2.18. The van der Waals surface area contributed by atoms with Crippen LogP contribution in [0.5, 0.6) is 0 Å². The monoisotopic (exact) mass is 422 g/mol. The molecule has 1 atom stereocenters. The average molecular weight is 423 g/mol. The fraction of sp³-hybridized carbons (Fsp3) is 0.364. The second kappa shape index (κ2) is 7.36. The normalized spacial score (nSPS) is 18.8. The number of rotatable bonds is 5. The van der Waals surface area contributed by atoms with E-state index in [1.54, 1.807) is 4.90 Å². The predicted octanol–water partition coefficient (Wildman–Crippen LogP) is 4.28. The average Bonchev–Trinajstić information content (AvgIpc) is 3.12.